The highest BCUT2D eigenvalue weighted by Gasteiger charge is 2.27. The fraction of sp³-hybridized carbons (Fsp3) is 0.143. The van der Waals surface area contributed by atoms with Crippen LogP contribution in [0.2, 0.25) is 0 Å². The van der Waals surface area contributed by atoms with Crippen LogP contribution in [0.25, 0.3) is 0 Å². The van der Waals surface area contributed by atoms with Gasteiger partial charge in [0.2, 0.25) is 0 Å². The molecule has 0 aliphatic carbocycles. The average molecular weight is 331 g/mol. The highest BCUT2D eigenvalue weighted by atomic mass is 79.9. The van der Waals surface area contributed by atoms with Crippen molar-refractivity contribution < 1.29 is 18.3 Å². The van der Waals surface area contributed by atoms with Gasteiger partial charge in [0.1, 0.15) is 23.1 Å². The molecular weight excluding hydrogens is 321 g/mol. The fourth-order valence-corrected chi connectivity index (χ4v) is 2.18. The van der Waals surface area contributed by atoms with Crippen molar-refractivity contribution in [3.8, 4) is 0 Å². The molecule has 0 fully saturated rings. The van der Waals surface area contributed by atoms with Gasteiger partial charge in [-0.15, -0.1) is 0 Å². The third kappa shape index (κ3) is 2.82. The molecule has 0 spiro atoms. The van der Waals surface area contributed by atoms with Crippen LogP contribution in [0.1, 0.15) is 18.1 Å². The molecule has 5 heteroatoms. The molecule has 0 aliphatic heterocycles. The molecule has 0 radical (unpaired) electrons. The maximum Gasteiger partial charge on any atom is 0.137 e. The van der Waals surface area contributed by atoms with Crippen LogP contribution in [0.4, 0.5) is 13.2 Å². The zero-order valence-electron chi connectivity index (χ0n) is 9.92. The van der Waals surface area contributed by atoms with Crippen molar-refractivity contribution in [2.45, 2.75) is 12.5 Å². The molecule has 100 valence electrons. The predicted octanol–water partition coefficient (Wildman–Crippen LogP) is 4.12. The Balaban J connectivity index is 2.54. The summed E-state index contributed by atoms with van der Waals surface area (Å²) in [6.45, 7) is 1.39. The monoisotopic (exact) mass is 330 g/mol. The van der Waals surface area contributed by atoms with Crippen LogP contribution in [0.15, 0.2) is 40.9 Å². The second-order valence-corrected chi connectivity index (χ2v) is 5.21. The number of aliphatic hydroxyl groups is 1. The van der Waals surface area contributed by atoms with Crippen molar-refractivity contribution in [1.29, 1.82) is 0 Å². The molecule has 2 aromatic carbocycles. The molecule has 0 heterocycles. The van der Waals surface area contributed by atoms with Crippen molar-refractivity contribution in [3.05, 3.63) is 69.4 Å². The second kappa shape index (κ2) is 4.98. The first-order valence-corrected chi connectivity index (χ1v) is 6.24. The summed E-state index contributed by atoms with van der Waals surface area (Å²) in [5.41, 5.74) is -1.24. The fourth-order valence-electron chi connectivity index (χ4n) is 1.80. The Morgan fingerprint density at radius 1 is 0.947 bits per heavy atom. The molecule has 1 nitrogen and oxygen atoms in total. The molecule has 1 unspecified atom stereocenters. The van der Waals surface area contributed by atoms with E-state index >= 15 is 0 Å². The van der Waals surface area contributed by atoms with Gasteiger partial charge in [0.25, 0.3) is 0 Å². The van der Waals surface area contributed by atoms with E-state index in [2.05, 4.69) is 15.9 Å². The first-order chi connectivity index (χ1) is 8.80. The minimum absolute atomic E-state index is 0.0588. The van der Waals surface area contributed by atoms with Crippen LogP contribution in [0, 0.1) is 17.5 Å². The zero-order chi connectivity index (χ0) is 14.2. The lowest BCUT2D eigenvalue weighted by molar-refractivity contribution is 0.101. The van der Waals surface area contributed by atoms with E-state index in [9.17, 15) is 18.3 Å². The lowest BCUT2D eigenvalue weighted by atomic mass is 9.88. The Kier molecular flexibility index (Phi) is 3.69. The SMILES string of the molecule is CC(O)(c1cc(F)cc(F)c1)c1ccc(F)c(Br)c1. The average Bonchev–Trinajstić information content (AvgIpc) is 2.31. The van der Waals surface area contributed by atoms with Crippen molar-refractivity contribution in [1.82, 2.24) is 0 Å². The van der Waals surface area contributed by atoms with Gasteiger partial charge in [-0.25, -0.2) is 13.2 Å². The topological polar surface area (TPSA) is 20.2 Å². The van der Waals surface area contributed by atoms with Crippen LogP contribution >= 0.6 is 15.9 Å². The molecule has 0 bridgehead atoms. The summed E-state index contributed by atoms with van der Waals surface area (Å²) in [7, 11) is 0. The van der Waals surface area contributed by atoms with Crippen LogP contribution in [-0.2, 0) is 5.60 Å². The first-order valence-electron chi connectivity index (χ1n) is 5.45. The van der Waals surface area contributed by atoms with Gasteiger partial charge in [0, 0.05) is 6.07 Å². The molecule has 1 N–H and O–H groups in total. The molecule has 1 atom stereocenters. The van der Waals surface area contributed by atoms with Crippen molar-refractivity contribution in [2.24, 2.45) is 0 Å². The van der Waals surface area contributed by atoms with Crippen molar-refractivity contribution in [2.75, 3.05) is 0 Å². The summed E-state index contributed by atoms with van der Waals surface area (Å²) < 4.78 is 39.7. The smallest absolute Gasteiger partial charge is 0.137 e. The minimum Gasteiger partial charge on any atom is -0.381 e. The molecular formula is C14H10BrF3O. The van der Waals surface area contributed by atoms with Crippen molar-refractivity contribution >= 4 is 15.9 Å². The highest BCUT2D eigenvalue weighted by molar-refractivity contribution is 9.10. The van der Waals surface area contributed by atoms with E-state index in [-0.39, 0.29) is 10.0 Å². The third-order valence-corrected chi connectivity index (χ3v) is 3.51. The molecule has 0 amide bonds. The Hall–Kier alpha value is -1.33. The number of hydrogen-bond donors (Lipinski definition) is 1. The number of hydrogen-bond acceptors (Lipinski definition) is 1. The van der Waals surface area contributed by atoms with Gasteiger partial charge >= 0.3 is 0 Å². The quantitative estimate of drug-likeness (QED) is 0.878. The lowest BCUT2D eigenvalue weighted by Gasteiger charge is -2.25. The Bertz CT molecular complexity index is 606. The predicted molar refractivity (Wildman–Crippen MR) is 69.1 cm³/mol. The molecule has 0 aromatic heterocycles. The van der Waals surface area contributed by atoms with Crippen molar-refractivity contribution in [3.63, 3.8) is 0 Å². The van der Waals surface area contributed by atoms with Crippen LogP contribution in [0.3, 0.4) is 0 Å². The second-order valence-electron chi connectivity index (χ2n) is 4.36. The Morgan fingerprint density at radius 3 is 2.05 bits per heavy atom. The van der Waals surface area contributed by atoms with Crippen LogP contribution < -0.4 is 0 Å². The van der Waals surface area contributed by atoms with E-state index in [1.54, 1.807) is 0 Å². The van der Waals surface area contributed by atoms with E-state index in [1.165, 1.54) is 25.1 Å². The molecule has 19 heavy (non-hydrogen) atoms. The highest BCUT2D eigenvalue weighted by Crippen LogP contribution is 2.32. The standard InChI is InChI=1S/C14H10BrF3O/c1-14(19,8-2-3-13(18)12(15)6-8)9-4-10(16)7-11(17)5-9/h2-7,19H,1H3. The maximum atomic E-state index is 13.2. The van der Waals surface area contributed by atoms with E-state index < -0.39 is 23.1 Å². The van der Waals surface area contributed by atoms with Gasteiger partial charge in [0.05, 0.1) is 4.47 Å². The van der Waals surface area contributed by atoms with E-state index in [4.69, 9.17) is 0 Å². The van der Waals surface area contributed by atoms with Gasteiger partial charge in [-0.2, -0.15) is 0 Å². The van der Waals surface area contributed by atoms with Crippen LogP contribution in [-0.4, -0.2) is 5.11 Å². The normalized spacial score (nSPS) is 14.2. The number of benzene rings is 2. The van der Waals surface area contributed by atoms with E-state index in [1.807, 2.05) is 0 Å². The number of rotatable bonds is 2. The summed E-state index contributed by atoms with van der Waals surface area (Å²) in [5.74, 6) is -2.04. The molecule has 2 aromatic rings. The molecule has 0 saturated carbocycles. The molecule has 2 rings (SSSR count). The van der Waals surface area contributed by atoms with E-state index in [0.29, 0.717) is 5.56 Å². The Labute approximate surface area is 116 Å². The summed E-state index contributed by atoms with van der Waals surface area (Å²) in [4.78, 5) is 0. The van der Waals surface area contributed by atoms with Crippen LogP contribution in [0.5, 0.6) is 0 Å². The summed E-state index contributed by atoms with van der Waals surface area (Å²) >= 11 is 3.01. The third-order valence-electron chi connectivity index (χ3n) is 2.91. The summed E-state index contributed by atoms with van der Waals surface area (Å²) in [6, 6.07) is 6.71. The summed E-state index contributed by atoms with van der Waals surface area (Å²) in [5, 5.41) is 10.4. The van der Waals surface area contributed by atoms with E-state index in [0.717, 1.165) is 18.2 Å². The minimum atomic E-state index is -1.63. The van der Waals surface area contributed by atoms with Gasteiger partial charge in [-0.3, -0.25) is 0 Å². The molecule has 0 saturated heterocycles. The maximum absolute atomic E-state index is 13.2. The van der Waals surface area contributed by atoms with Gasteiger partial charge in [0.15, 0.2) is 0 Å². The van der Waals surface area contributed by atoms with Gasteiger partial charge in [-0.1, -0.05) is 6.07 Å². The summed E-state index contributed by atoms with van der Waals surface area (Å²) in [6.07, 6.45) is 0. The lowest BCUT2D eigenvalue weighted by Crippen LogP contribution is -2.23. The number of halogens is 4. The largest absolute Gasteiger partial charge is 0.381 e. The van der Waals surface area contributed by atoms with Gasteiger partial charge < -0.3 is 5.11 Å². The Morgan fingerprint density at radius 2 is 1.53 bits per heavy atom. The molecule has 0 aliphatic rings. The van der Waals surface area contributed by atoms with Gasteiger partial charge in [-0.05, 0) is 58.2 Å². The first kappa shape index (κ1) is 14.1. The zero-order valence-corrected chi connectivity index (χ0v) is 11.5.